The molecule has 0 unspecified atom stereocenters. The first-order chi connectivity index (χ1) is 10.6. The van der Waals surface area contributed by atoms with Crippen molar-refractivity contribution in [2.24, 2.45) is 0 Å². The summed E-state index contributed by atoms with van der Waals surface area (Å²) in [7, 11) is 0. The molecule has 0 N–H and O–H groups in total. The van der Waals surface area contributed by atoms with E-state index in [0.29, 0.717) is 18.8 Å². The minimum absolute atomic E-state index is 0.0901. The van der Waals surface area contributed by atoms with Gasteiger partial charge < -0.3 is 14.4 Å². The molecule has 0 aliphatic carbocycles. The molecule has 0 radical (unpaired) electrons. The lowest BCUT2D eigenvalue weighted by atomic mass is 10.1. The Morgan fingerprint density at radius 3 is 3.14 bits per heavy atom. The zero-order valence-corrected chi connectivity index (χ0v) is 12.9. The van der Waals surface area contributed by atoms with Gasteiger partial charge in [-0.3, -0.25) is 4.79 Å². The van der Waals surface area contributed by atoms with Crippen LogP contribution in [0.4, 0.5) is 10.1 Å². The van der Waals surface area contributed by atoms with Gasteiger partial charge in [0.2, 0.25) is 0 Å². The lowest BCUT2D eigenvalue weighted by molar-refractivity contribution is -0.132. The average molecular weight is 307 g/mol. The third-order valence-electron chi connectivity index (χ3n) is 4.36. The molecule has 0 bridgehead atoms. The number of nitrogens with zero attached hydrogens (tertiary/aromatic N) is 1. The van der Waals surface area contributed by atoms with Crippen LogP contribution in [0.3, 0.4) is 0 Å². The van der Waals surface area contributed by atoms with Crippen LogP contribution in [-0.4, -0.2) is 37.9 Å². The number of hydrogen-bond donors (Lipinski definition) is 0. The Morgan fingerprint density at radius 1 is 1.50 bits per heavy atom. The van der Waals surface area contributed by atoms with Crippen LogP contribution < -0.4 is 4.90 Å². The minimum atomic E-state index is -0.542. The highest BCUT2D eigenvalue weighted by Gasteiger charge is 2.29. The topological polar surface area (TPSA) is 38.8 Å². The maximum Gasteiger partial charge on any atom is 0.255 e. The molecule has 1 amide bonds. The number of carbonyl (C=O) groups excluding carboxylic acids is 1. The summed E-state index contributed by atoms with van der Waals surface area (Å²) in [5.41, 5.74) is 1.69. The molecule has 2 atom stereocenters. The van der Waals surface area contributed by atoms with Crippen molar-refractivity contribution in [2.75, 3.05) is 24.7 Å². The molecule has 0 spiro atoms. The molecule has 0 aromatic heterocycles. The Hall–Kier alpha value is -1.46. The first-order valence-corrected chi connectivity index (χ1v) is 7.98. The van der Waals surface area contributed by atoms with Gasteiger partial charge in [0.1, 0.15) is 11.9 Å². The number of hydrogen-bond acceptors (Lipinski definition) is 3. The summed E-state index contributed by atoms with van der Waals surface area (Å²) in [6.07, 6.45) is 3.54. The van der Waals surface area contributed by atoms with Crippen LogP contribution in [0.25, 0.3) is 0 Å². The van der Waals surface area contributed by atoms with Crippen LogP contribution in [0.5, 0.6) is 0 Å². The van der Waals surface area contributed by atoms with Gasteiger partial charge in [0.25, 0.3) is 5.91 Å². The number of amides is 1. The molecule has 3 rings (SSSR count). The molecule has 2 aliphatic rings. The Labute approximate surface area is 130 Å². The highest BCUT2D eigenvalue weighted by Crippen LogP contribution is 2.29. The largest absolute Gasteiger partial charge is 0.376 e. The molecule has 1 saturated heterocycles. The van der Waals surface area contributed by atoms with E-state index in [1.54, 1.807) is 17.9 Å². The summed E-state index contributed by atoms with van der Waals surface area (Å²) in [5, 5.41) is 0. The Morgan fingerprint density at radius 2 is 2.36 bits per heavy atom. The SMILES string of the molecule is C[C@@H](OC[C@@H]1CCCCO1)C(=O)N1CCc2ccc(F)cc21. The van der Waals surface area contributed by atoms with Crippen LogP contribution in [0.15, 0.2) is 18.2 Å². The molecule has 5 heteroatoms. The number of anilines is 1. The summed E-state index contributed by atoms with van der Waals surface area (Å²) >= 11 is 0. The van der Waals surface area contributed by atoms with Gasteiger partial charge in [-0.2, -0.15) is 0 Å². The van der Waals surface area contributed by atoms with Gasteiger partial charge in [-0.25, -0.2) is 4.39 Å². The number of benzene rings is 1. The lowest BCUT2D eigenvalue weighted by Gasteiger charge is -2.26. The van der Waals surface area contributed by atoms with Crippen LogP contribution in [0.2, 0.25) is 0 Å². The average Bonchev–Trinajstić information content (AvgIpc) is 2.95. The van der Waals surface area contributed by atoms with Gasteiger partial charge >= 0.3 is 0 Å². The predicted octanol–water partition coefficient (Wildman–Crippen LogP) is 2.69. The van der Waals surface area contributed by atoms with Crippen LogP contribution in [-0.2, 0) is 20.7 Å². The molecule has 22 heavy (non-hydrogen) atoms. The third-order valence-corrected chi connectivity index (χ3v) is 4.36. The van der Waals surface area contributed by atoms with E-state index < -0.39 is 6.10 Å². The second kappa shape index (κ2) is 6.75. The molecule has 4 nitrogen and oxygen atoms in total. The predicted molar refractivity (Wildman–Crippen MR) is 81.5 cm³/mol. The first kappa shape index (κ1) is 15.4. The van der Waals surface area contributed by atoms with Crippen molar-refractivity contribution in [3.8, 4) is 0 Å². The van der Waals surface area contributed by atoms with Crippen molar-refractivity contribution < 1.29 is 18.7 Å². The number of rotatable bonds is 4. The highest BCUT2D eigenvalue weighted by molar-refractivity contribution is 5.98. The quantitative estimate of drug-likeness (QED) is 0.858. The Bertz CT molecular complexity index is 543. The van der Waals surface area contributed by atoms with E-state index in [2.05, 4.69) is 0 Å². The summed E-state index contributed by atoms with van der Waals surface area (Å²) in [6, 6.07) is 4.61. The molecule has 1 fully saturated rings. The van der Waals surface area contributed by atoms with Crippen molar-refractivity contribution >= 4 is 11.6 Å². The van der Waals surface area contributed by atoms with E-state index in [1.165, 1.54) is 12.1 Å². The number of fused-ring (bicyclic) bond motifs is 1. The second-order valence-corrected chi connectivity index (χ2v) is 5.98. The number of ether oxygens (including phenoxy) is 2. The smallest absolute Gasteiger partial charge is 0.255 e. The minimum Gasteiger partial charge on any atom is -0.376 e. The fourth-order valence-electron chi connectivity index (χ4n) is 3.06. The molecule has 120 valence electrons. The molecule has 2 aliphatic heterocycles. The molecule has 2 heterocycles. The number of carbonyl (C=O) groups is 1. The maximum atomic E-state index is 13.4. The molecule has 1 aromatic carbocycles. The van der Waals surface area contributed by atoms with E-state index in [9.17, 15) is 9.18 Å². The molecule has 1 aromatic rings. The van der Waals surface area contributed by atoms with E-state index in [4.69, 9.17) is 9.47 Å². The summed E-state index contributed by atoms with van der Waals surface area (Å²) in [4.78, 5) is 14.2. The van der Waals surface area contributed by atoms with Crippen LogP contribution in [0, 0.1) is 5.82 Å². The van der Waals surface area contributed by atoms with Gasteiger partial charge in [-0.05, 0) is 50.3 Å². The summed E-state index contributed by atoms with van der Waals surface area (Å²) in [6.45, 7) is 3.56. The fourth-order valence-corrected chi connectivity index (χ4v) is 3.06. The second-order valence-electron chi connectivity index (χ2n) is 5.98. The van der Waals surface area contributed by atoms with Gasteiger partial charge in [-0.15, -0.1) is 0 Å². The van der Waals surface area contributed by atoms with Crippen molar-refractivity contribution in [1.82, 2.24) is 0 Å². The van der Waals surface area contributed by atoms with E-state index in [1.807, 2.05) is 0 Å². The summed E-state index contributed by atoms with van der Waals surface area (Å²) in [5.74, 6) is -0.428. The molecular weight excluding hydrogens is 285 g/mol. The van der Waals surface area contributed by atoms with Crippen molar-refractivity contribution in [3.63, 3.8) is 0 Å². The zero-order valence-electron chi connectivity index (χ0n) is 12.9. The van der Waals surface area contributed by atoms with E-state index >= 15 is 0 Å². The highest BCUT2D eigenvalue weighted by atomic mass is 19.1. The zero-order chi connectivity index (χ0) is 15.5. The van der Waals surface area contributed by atoms with E-state index in [0.717, 1.165) is 37.9 Å². The Kier molecular flexibility index (Phi) is 4.74. The van der Waals surface area contributed by atoms with Gasteiger partial charge in [-0.1, -0.05) is 6.07 Å². The van der Waals surface area contributed by atoms with E-state index in [-0.39, 0.29) is 17.8 Å². The lowest BCUT2D eigenvalue weighted by Crippen LogP contribution is -2.39. The van der Waals surface area contributed by atoms with Gasteiger partial charge in [0, 0.05) is 18.8 Å². The molecule has 0 saturated carbocycles. The first-order valence-electron chi connectivity index (χ1n) is 7.98. The van der Waals surface area contributed by atoms with Crippen LogP contribution in [0.1, 0.15) is 31.7 Å². The normalized spacial score (nSPS) is 22.5. The van der Waals surface area contributed by atoms with Crippen molar-refractivity contribution in [1.29, 1.82) is 0 Å². The maximum absolute atomic E-state index is 13.4. The monoisotopic (exact) mass is 307 g/mol. The molecular formula is C17H22FNO3. The standard InChI is InChI=1S/C17H22FNO3/c1-12(22-11-15-4-2-3-9-21-15)17(20)19-8-7-13-5-6-14(18)10-16(13)19/h5-6,10,12,15H,2-4,7-9,11H2,1H3/t12-,15+/m1/s1. The fraction of sp³-hybridized carbons (Fsp3) is 0.588. The van der Waals surface area contributed by atoms with Crippen LogP contribution >= 0.6 is 0 Å². The van der Waals surface area contributed by atoms with Gasteiger partial charge in [0.15, 0.2) is 0 Å². The Balaban J connectivity index is 1.58. The van der Waals surface area contributed by atoms with Crippen molar-refractivity contribution in [3.05, 3.63) is 29.6 Å². The summed E-state index contributed by atoms with van der Waals surface area (Å²) < 4.78 is 24.7. The number of halogens is 1. The van der Waals surface area contributed by atoms with Crippen molar-refractivity contribution in [2.45, 2.75) is 44.8 Å². The van der Waals surface area contributed by atoms with Gasteiger partial charge in [0.05, 0.1) is 12.7 Å². The third kappa shape index (κ3) is 3.31.